The molecule has 1 saturated carbocycles. The summed E-state index contributed by atoms with van der Waals surface area (Å²) in [7, 11) is 0. The van der Waals surface area contributed by atoms with Gasteiger partial charge in [0.05, 0.1) is 5.56 Å². The Morgan fingerprint density at radius 2 is 2.00 bits per heavy atom. The third kappa shape index (κ3) is 3.09. The van der Waals surface area contributed by atoms with Crippen molar-refractivity contribution in [3.05, 3.63) is 35.1 Å². The van der Waals surface area contributed by atoms with E-state index in [1.54, 1.807) is 0 Å². The molecular formula is C13H14F4N2O. The predicted octanol–water partition coefficient (Wildman–Crippen LogP) is 2.41. The number of rotatable bonds is 4. The summed E-state index contributed by atoms with van der Waals surface area (Å²) in [5, 5.41) is 0. The number of nitrogens with zero attached hydrogens (tertiary/aromatic N) is 1. The molecule has 0 aromatic heterocycles. The highest BCUT2D eigenvalue weighted by Gasteiger charge is 2.36. The first kappa shape index (κ1) is 14.8. The summed E-state index contributed by atoms with van der Waals surface area (Å²) in [5.74, 6) is -1.92. The first-order valence-corrected chi connectivity index (χ1v) is 6.22. The van der Waals surface area contributed by atoms with Crippen molar-refractivity contribution in [2.45, 2.75) is 25.1 Å². The molecule has 110 valence electrons. The van der Waals surface area contributed by atoms with Crippen LogP contribution in [0.25, 0.3) is 0 Å². The first-order valence-electron chi connectivity index (χ1n) is 6.22. The molecule has 0 aliphatic heterocycles. The van der Waals surface area contributed by atoms with Crippen molar-refractivity contribution in [2.75, 3.05) is 13.1 Å². The predicted molar refractivity (Wildman–Crippen MR) is 64.5 cm³/mol. The molecule has 20 heavy (non-hydrogen) atoms. The molecule has 2 N–H and O–H groups in total. The third-order valence-corrected chi connectivity index (χ3v) is 3.14. The van der Waals surface area contributed by atoms with Crippen LogP contribution in [0, 0.1) is 5.82 Å². The van der Waals surface area contributed by atoms with Crippen LogP contribution >= 0.6 is 0 Å². The first-order chi connectivity index (χ1) is 9.34. The highest BCUT2D eigenvalue weighted by atomic mass is 19.4. The molecule has 0 spiro atoms. The fourth-order valence-electron chi connectivity index (χ4n) is 2.02. The SMILES string of the molecule is NCCN(C(=O)c1ccc(F)c(C(F)(F)F)c1)C1CC1. The van der Waals surface area contributed by atoms with E-state index >= 15 is 0 Å². The second kappa shape index (κ2) is 5.40. The van der Waals surface area contributed by atoms with Crippen LogP contribution < -0.4 is 5.73 Å². The Hall–Kier alpha value is -1.63. The average molecular weight is 290 g/mol. The van der Waals surface area contributed by atoms with Crippen molar-refractivity contribution in [1.82, 2.24) is 4.90 Å². The molecule has 1 aromatic rings. The third-order valence-electron chi connectivity index (χ3n) is 3.14. The van der Waals surface area contributed by atoms with Gasteiger partial charge in [0.25, 0.3) is 5.91 Å². The summed E-state index contributed by atoms with van der Waals surface area (Å²) < 4.78 is 51.1. The van der Waals surface area contributed by atoms with Gasteiger partial charge in [0.2, 0.25) is 0 Å². The number of amides is 1. The van der Waals surface area contributed by atoms with Gasteiger partial charge in [0.1, 0.15) is 5.82 Å². The smallest absolute Gasteiger partial charge is 0.334 e. The maximum atomic E-state index is 13.2. The summed E-state index contributed by atoms with van der Waals surface area (Å²) in [6.07, 6.45) is -3.18. The quantitative estimate of drug-likeness (QED) is 0.866. The van der Waals surface area contributed by atoms with E-state index in [1.165, 1.54) is 4.90 Å². The van der Waals surface area contributed by atoms with Crippen molar-refractivity contribution in [2.24, 2.45) is 5.73 Å². The molecule has 1 aromatic carbocycles. The summed E-state index contributed by atoms with van der Waals surface area (Å²) in [6.45, 7) is 0.512. The Bertz CT molecular complexity index is 512. The van der Waals surface area contributed by atoms with E-state index in [2.05, 4.69) is 0 Å². The van der Waals surface area contributed by atoms with E-state index in [0.717, 1.165) is 18.9 Å². The van der Waals surface area contributed by atoms with E-state index in [4.69, 9.17) is 5.73 Å². The van der Waals surface area contributed by atoms with E-state index in [1.807, 2.05) is 0 Å². The van der Waals surface area contributed by atoms with Crippen molar-refractivity contribution in [1.29, 1.82) is 0 Å². The van der Waals surface area contributed by atoms with Gasteiger partial charge in [0, 0.05) is 24.7 Å². The molecule has 0 bridgehead atoms. The second-order valence-electron chi connectivity index (χ2n) is 4.71. The molecule has 0 radical (unpaired) electrons. The molecule has 3 nitrogen and oxygen atoms in total. The fraction of sp³-hybridized carbons (Fsp3) is 0.462. The molecule has 0 saturated heterocycles. The van der Waals surface area contributed by atoms with Crippen molar-refractivity contribution >= 4 is 5.91 Å². The Labute approximate surface area is 113 Å². The van der Waals surface area contributed by atoms with Crippen LogP contribution in [0.5, 0.6) is 0 Å². The molecular weight excluding hydrogens is 276 g/mol. The van der Waals surface area contributed by atoms with Gasteiger partial charge >= 0.3 is 6.18 Å². The minimum absolute atomic E-state index is 0.0328. The van der Waals surface area contributed by atoms with Gasteiger partial charge in [-0.25, -0.2) is 4.39 Å². The zero-order valence-electron chi connectivity index (χ0n) is 10.6. The van der Waals surface area contributed by atoms with E-state index in [-0.39, 0.29) is 24.7 Å². The maximum absolute atomic E-state index is 13.2. The molecule has 0 unspecified atom stereocenters. The van der Waals surface area contributed by atoms with Gasteiger partial charge in [-0.2, -0.15) is 13.2 Å². The van der Waals surface area contributed by atoms with Crippen molar-refractivity contribution < 1.29 is 22.4 Å². The minimum Gasteiger partial charge on any atom is -0.334 e. The molecule has 1 amide bonds. The largest absolute Gasteiger partial charge is 0.419 e. The van der Waals surface area contributed by atoms with E-state index < -0.39 is 23.5 Å². The van der Waals surface area contributed by atoms with Crippen LogP contribution in [-0.2, 0) is 6.18 Å². The number of nitrogens with two attached hydrogens (primary N) is 1. The Morgan fingerprint density at radius 3 is 2.50 bits per heavy atom. The number of benzene rings is 1. The molecule has 1 aliphatic rings. The summed E-state index contributed by atoms with van der Waals surface area (Å²) in [6, 6.07) is 2.33. The number of carbonyl (C=O) groups excluding carboxylic acids is 1. The van der Waals surface area contributed by atoms with E-state index in [0.29, 0.717) is 12.1 Å². The van der Waals surface area contributed by atoms with Gasteiger partial charge < -0.3 is 10.6 Å². The summed E-state index contributed by atoms with van der Waals surface area (Å²) in [5.41, 5.74) is 3.81. The number of hydrogen-bond donors (Lipinski definition) is 1. The second-order valence-corrected chi connectivity index (χ2v) is 4.71. The van der Waals surface area contributed by atoms with Gasteiger partial charge in [0.15, 0.2) is 0 Å². The van der Waals surface area contributed by atoms with Crippen LogP contribution in [0.2, 0.25) is 0 Å². The summed E-state index contributed by atoms with van der Waals surface area (Å²) >= 11 is 0. The van der Waals surface area contributed by atoms with E-state index in [9.17, 15) is 22.4 Å². The molecule has 7 heteroatoms. The topological polar surface area (TPSA) is 46.3 Å². The van der Waals surface area contributed by atoms with Crippen LogP contribution in [-0.4, -0.2) is 29.9 Å². The van der Waals surface area contributed by atoms with Crippen LogP contribution in [0.1, 0.15) is 28.8 Å². The standard InChI is InChI=1S/C13H14F4N2O/c14-11-4-1-8(7-10(11)13(15,16)17)12(20)19(6-5-18)9-2-3-9/h1,4,7,9H,2-3,5-6,18H2. The normalized spacial score (nSPS) is 15.2. The van der Waals surface area contributed by atoms with Gasteiger partial charge in [-0.1, -0.05) is 0 Å². The molecule has 1 fully saturated rings. The number of hydrogen-bond acceptors (Lipinski definition) is 2. The van der Waals surface area contributed by atoms with Gasteiger partial charge in [-0.3, -0.25) is 4.79 Å². The number of carbonyl (C=O) groups is 1. The van der Waals surface area contributed by atoms with Crippen LogP contribution in [0.4, 0.5) is 17.6 Å². The van der Waals surface area contributed by atoms with Crippen LogP contribution in [0.15, 0.2) is 18.2 Å². The molecule has 1 aliphatic carbocycles. The van der Waals surface area contributed by atoms with Gasteiger partial charge in [-0.15, -0.1) is 0 Å². The van der Waals surface area contributed by atoms with Crippen LogP contribution in [0.3, 0.4) is 0 Å². The monoisotopic (exact) mass is 290 g/mol. The minimum atomic E-state index is -4.82. The molecule has 2 rings (SSSR count). The highest BCUT2D eigenvalue weighted by molar-refractivity contribution is 5.94. The van der Waals surface area contributed by atoms with Crippen molar-refractivity contribution in [3.8, 4) is 0 Å². The Kier molecular flexibility index (Phi) is 3.99. The Morgan fingerprint density at radius 1 is 1.35 bits per heavy atom. The molecule has 0 heterocycles. The molecule has 0 atom stereocenters. The lowest BCUT2D eigenvalue weighted by Crippen LogP contribution is -2.37. The van der Waals surface area contributed by atoms with Gasteiger partial charge in [-0.05, 0) is 31.0 Å². The summed E-state index contributed by atoms with van der Waals surface area (Å²) in [4.78, 5) is 13.6. The number of halogens is 4. The zero-order chi connectivity index (χ0) is 14.9. The fourth-order valence-corrected chi connectivity index (χ4v) is 2.02. The van der Waals surface area contributed by atoms with Crippen molar-refractivity contribution in [3.63, 3.8) is 0 Å². The number of alkyl halides is 3. The lowest BCUT2D eigenvalue weighted by Gasteiger charge is -2.22. The maximum Gasteiger partial charge on any atom is 0.419 e. The zero-order valence-corrected chi connectivity index (χ0v) is 10.6. The Balaban J connectivity index is 2.30. The highest BCUT2D eigenvalue weighted by Crippen LogP contribution is 2.33. The lowest BCUT2D eigenvalue weighted by molar-refractivity contribution is -0.140. The lowest BCUT2D eigenvalue weighted by atomic mass is 10.1. The average Bonchev–Trinajstić information content (AvgIpc) is 3.18.